The van der Waals surface area contributed by atoms with Gasteiger partial charge in [0.25, 0.3) is 0 Å². The number of fused-ring (bicyclic) bond motifs is 2. The molecule has 0 saturated carbocycles. The maximum absolute atomic E-state index is 13.4. The molecule has 2 aliphatic heterocycles. The summed E-state index contributed by atoms with van der Waals surface area (Å²) in [7, 11) is 2.04. The average Bonchev–Trinajstić information content (AvgIpc) is 1.95. The van der Waals surface area contributed by atoms with Gasteiger partial charge in [-0.05, 0) is 7.05 Å². The molecule has 0 radical (unpaired) electrons. The van der Waals surface area contributed by atoms with Crippen LogP contribution in [0.5, 0.6) is 0 Å². The highest BCUT2D eigenvalue weighted by molar-refractivity contribution is 5.05. The number of hydrogen-bond acceptors (Lipinski definition) is 3. The number of hydrogen-bond donors (Lipinski definition) is 1. The first-order chi connectivity index (χ1) is 6.36. The fourth-order valence-corrected chi connectivity index (χ4v) is 3.42. The number of aliphatic hydroxyl groups excluding tert-OH is 1. The lowest BCUT2D eigenvalue weighted by molar-refractivity contribution is -0.210. The molecule has 0 amide bonds. The Hall–Kier alpha value is -0.190. The Bertz CT molecular complexity index is 210. The fraction of sp³-hybridized carbons (Fsp3) is 1.00. The van der Waals surface area contributed by atoms with Crippen LogP contribution in [-0.4, -0.2) is 54.5 Å². The third-order valence-electron chi connectivity index (χ3n) is 3.65. The van der Waals surface area contributed by atoms with E-state index in [0.717, 1.165) is 18.2 Å². The normalized spacial score (nSPS) is 50.8. The van der Waals surface area contributed by atoms with E-state index in [0.29, 0.717) is 13.1 Å². The Labute approximate surface area is 84.4 Å². The van der Waals surface area contributed by atoms with Gasteiger partial charge in [0.1, 0.15) is 0 Å². The van der Waals surface area contributed by atoms with E-state index >= 15 is 0 Å². The molecule has 82 valence electrons. The minimum atomic E-state index is -0.391. The molecule has 2 unspecified atom stereocenters. The van der Waals surface area contributed by atoms with Gasteiger partial charge in [-0.1, -0.05) is 13.8 Å². The van der Waals surface area contributed by atoms with Gasteiger partial charge >= 0.3 is 0 Å². The second kappa shape index (κ2) is 2.90. The minimum absolute atomic E-state index is 0.325. The average molecular weight is 202 g/mol. The lowest BCUT2D eigenvalue weighted by atomic mass is 9.63. The van der Waals surface area contributed by atoms with Crippen molar-refractivity contribution in [3.05, 3.63) is 0 Å². The summed E-state index contributed by atoms with van der Waals surface area (Å²) in [6.07, 6.45) is -0.391. The highest BCUT2D eigenvalue weighted by Crippen LogP contribution is 2.45. The Balaban J connectivity index is 2.32. The first kappa shape index (κ1) is 10.3. The van der Waals surface area contributed by atoms with Gasteiger partial charge in [0, 0.05) is 37.0 Å². The van der Waals surface area contributed by atoms with E-state index in [1.165, 1.54) is 0 Å². The van der Waals surface area contributed by atoms with E-state index in [-0.39, 0.29) is 10.8 Å². The number of piperidine rings is 2. The highest BCUT2D eigenvalue weighted by atomic mass is 19.2. The maximum Gasteiger partial charge on any atom is 0.0698 e. The lowest BCUT2D eigenvalue weighted by Crippen LogP contribution is -2.68. The summed E-state index contributed by atoms with van der Waals surface area (Å²) in [6.45, 7) is 6.16. The molecule has 3 nitrogen and oxygen atoms in total. The number of rotatable bonds is 0. The molecule has 2 fully saturated rings. The van der Waals surface area contributed by atoms with Crippen LogP contribution in [0.15, 0.2) is 0 Å². The van der Waals surface area contributed by atoms with Gasteiger partial charge in [-0.2, -0.15) is 0 Å². The van der Waals surface area contributed by atoms with Crippen molar-refractivity contribution in [1.82, 2.24) is 10.0 Å². The molecule has 2 rings (SSSR count). The summed E-state index contributed by atoms with van der Waals surface area (Å²) in [4.78, 5) is 2.19. The predicted octanol–water partition coefficient (Wildman–Crippen LogP) is 0.505. The van der Waals surface area contributed by atoms with Crippen LogP contribution in [0.25, 0.3) is 0 Å². The quantitative estimate of drug-likeness (QED) is 0.580. The first-order valence-corrected chi connectivity index (χ1v) is 5.13. The zero-order valence-corrected chi connectivity index (χ0v) is 9.13. The van der Waals surface area contributed by atoms with Gasteiger partial charge in [0.05, 0.1) is 6.10 Å². The van der Waals surface area contributed by atoms with E-state index < -0.39 is 6.10 Å². The second-order valence-electron chi connectivity index (χ2n) is 5.66. The van der Waals surface area contributed by atoms with Crippen molar-refractivity contribution in [2.24, 2.45) is 10.8 Å². The van der Waals surface area contributed by atoms with E-state index in [9.17, 15) is 9.59 Å². The van der Waals surface area contributed by atoms with Crippen LogP contribution in [0.2, 0.25) is 0 Å². The molecule has 14 heavy (non-hydrogen) atoms. The summed E-state index contributed by atoms with van der Waals surface area (Å²) < 4.78 is 13.4. The van der Waals surface area contributed by atoms with Crippen molar-refractivity contribution in [3.63, 3.8) is 0 Å². The van der Waals surface area contributed by atoms with Gasteiger partial charge in [0.2, 0.25) is 0 Å². The van der Waals surface area contributed by atoms with E-state index in [4.69, 9.17) is 0 Å². The van der Waals surface area contributed by atoms with Gasteiger partial charge in [-0.3, -0.25) is 0 Å². The van der Waals surface area contributed by atoms with Gasteiger partial charge in [0.15, 0.2) is 0 Å². The van der Waals surface area contributed by atoms with Crippen molar-refractivity contribution in [2.75, 3.05) is 33.2 Å². The Morgan fingerprint density at radius 3 is 2.00 bits per heavy atom. The number of halogens is 1. The van der Waals surface area contributed by atoms with Crippen molar-refractivity contribution < 1.29 is 9.59 Å². The van der Waals surface area contributed by atoms with Crippen LogP contribution in [0.4, 0.5) is 4.48 Å². The number of likely N-dealkylation sites (tertiary alicyclic amines) is 1. The summed E-state index contributed by atoms with van der Waals surface area (Å²) in [5, 5.41) is 11.1. The summed E-state index contributed by atoms with van der Waals surface area (Å²) >= 11 is 0. The molecule has 2 saturated heterocycles. The molecule has 2 bridgehead atoms. The van der Waals surface area contributed by atoms with Crippen LogP contribution < -0.4 is 0 Å². The smallest absolute Gasteiger partial charge is 0.0698 e. The number of aliphatic hydroxyl groups is 1. The third kappa shape index (κ3) is 1.36. The van der Waals surface area contributed by atoms with Crippen LogP contribution in [-0.2, 0) is 0 Å². The predicted molar refractivity (Wildman–Crippen MR) is 52.4 cm³/mol. The Morgan fingerprint density at radius 2 is 1.57 bits per heavy atom. The molecule has 2 heterocycles. The fourth-order valence-electron chi connectivity index (χ4n) is 3.42. The number of nitrogens with zero attached hydrogens (tertiary/aromatic N) is 2. The second-order valence-corrected chi connectivity index (χ2v) is 5.66. The SMILES string of the molecule is CN1CC2(C)CN(F)CC(C)(C1)C2O. The molecule has 0 aliphatic carbocycles. The zero-order chi connectivity index (χ0) is 10.6. The highest BCUT2D eigenvalue weighted by Gasteiger charge is 2.55. The molecular formula is C10H19FN2O. The molecule has 2 atom stereocenters. The van der Waals surface area contributed by atoms with Crippen molar-refractivity contribution in [2.45, 2.75) is 20.0 Å². The summed E-state index contributed by atoms with van der Waals surface area (Å²) in [6, 6.07) is 0. The van der Waals surface area contributed by atoms with E-state index in [2.05, 4.69) is 4.90 Å². The summed E-state index contributed by atoms with van der Waals surface area (Å²) in [5.74, 6) is 0. The molecule has 0 aromatic heterocycles. The standard InChI is InChI=1S/C10H19FN2O/c1-9-4-12(3)5-10(2,8(9)14)7-13(11)6-9/h8,14H,4-7H2,1-3H3. The minimum Gasteiger partial charge on any atom is -0.392 e. The topological polar surface area (TPSA) is 26.7 Å². The Kier molecular flexibility index (Phi) is 2.14. The third-order valence-corrected chi connectivity index (χ3v) is 3.65. The van der Waals surface area contributed by atoms with Gasteiger partial charge in [-0.25, -0.2) is 0 Å². The zero-order valence-electron chi connectivity index (χ0n) is 9.13. The van der Waals surface area contributed by atoms with Crippen LogP contribution in [0, 0.1) is 10.8 Å². The largest absolute Gasteiger partial charge is 0.392 e. The maximum atomic E-state index is 13.4. The first-order valence-electron chi connectivity index (χ1n) is 5.13. The van der Waals surface area contributed by atoms with E-state index in [1.54, 1.807) is 0 Å². The molecule has 1 N–H and O–H groups in total. The molecular weight excluding hydrogens is 183 g/mol. The summed E-state index contributed by atoms with van der Waals surface area (Å²) in [5.41, 5.74) is -0.649. The molecule has 0 spiro atoms. The monoisotopic (exact) mass is 202 g/mol. The van der Waals surface area contributed by atoms with Crippen LogP contribution in [0.3, 0.4) is 0 Å². The van der Waals surface area contributed by atoms with Gasteiger partial charge < -0.3 is 10.0 Å². The van der Waals surface area contributed by atoms with Crippen molar-refractivity contribution in [1.29, 1.82) is 0 Å². The molecule has 0 aromatic carbocycles. The van der Waals surface area contributed by atoms with Crippen LogP contribution >= 0.6 is 0 Å². The van der Waals surface area contributed by atoms with E-state index in [1.807, 2.05) is 20.9 Å². The van der Waals surface area contributed by atoms with Crippen molar-refractivity contribution in [3.8, 4) is 0 Å². The Morgan fingerprint density at radius 1 is 1.14 bits per heavy atom. The molecule has 2 aliphatic rings. The molecule has 4 heteroatoms. The lowest BCUT2D eigenvalue weighted by Gasteiger charge is -2.57. The van der Waals surface area contributed by atoms with Crippen LogP contribution in [0.1, 0.15) is 13.8 Å². The van der Waals surface area contributed by atoms with Crippen molar-refractivity contribution >= 4 is 0 Å². The molecule has 0 aromatic rings. The van der Waals surface area contributed by atoms with Gasteiger partial charge in [-0.15, -0.1) is 9.60 Å².